The lowest BCUT2D eigenvalue weighted by Crippen LogP contribution is -2.30. The second-order valence-corrected chi connectivity index (χ2v) is 9.35. The van der Waals surface area contributed by atoms with Crippen molar-refractivity contribution in [3.8, 4) is 5.75 Å². The number of carboxylic acid groups (broad SMARTS) is 1. The van der Waals surface area contributed by atoms with Crippen LogP contribution in [0.25, 0.3) is 0 Å². The van der Waals surface area contributed by atoms with Gasteiger partial charge >= 0.3 is 5.97 Å². The summed E-state index contributed by atoms with van der Waals surface area (Å²) in [6.07, 6.45) is 2.61. The molecule has 4 rings (SSSR count). The Labute approximate surface area is 221 Å². The van der Waals surface area contributed by atoms with Gasteiger partial charge in [-0.1, -0.05) is 78.3 Å². The van der Waals surface area contributed by atoms with Crippen LogP contribution in [-0.2, 0) is 30.6 Å². The molecule has 37 heavy (non-hydrogen) atoms. The summed E-state index contributed by atoms with van der Waals surface area (Å²) in [6.45, 7) is 0.287. The third-order valence-electron chi connectivity index (χ3n) is 6.27. The zero-order valence-corrected chi connectivity index (χ0v) is 21.1. The summed E-state index contributed by atoms with van der Waals surface area (Å²) in [4.78, 5) is 26.5. The highest BCUT2D eigenvalue weighted by molar-refractivity contribution is 6.30. The molecule has 6 heteroatoms. The molecular formula is C31H28ClNO4. The van der Waals surface area contributed by atoms with Crippen LogP contribution in [0, 0.1) is 0 Å². The van der Waals surface area contributed by atoms with Gasteiger partial charge in [-0.25, -0.2) is 4.79 Å². The zero-order valence-electron chi connectivity index (χ0n) is 20.3. The maximum absolute atomic E-state index is 13.3. The van der Waals surface area contributed by atoms with E-state index in [9.17, 15) is 19.8 Å². The monoisotopic (exact) mass is 513 g/mol. The number of phenols is 1. The van der Waals surface area contributed by atoms with Gasteiger partial charge in [-0.15, -0.1) is 0 Å². The molecule has 5 nitrogen and oxygen atoms in total. The van der Waals surface area contributed by atoms with Crippen molar-refractivity contribution in [3.63, 3.8) is 0 Å². The summed E-state index contributed by atoms with van der Waals surface area (Å²) in [5.41, 5.74) is 4.56. The molecule has 4 aromatic carbocycles. The standard InChI is InChI=1S/C31H28ClNO4/c32-26-15-12-24(13-16-26)7-6-23-8-10-25(11-9-23)21-33(27-17-18-29(34)28(20-27)31(36)37)30(35)19-14-22-4-2-1-3-5-22/h1-5,8-13,15-18,20,34H,6-7,14,19,21H2,(H,36,37). The molecule has 0 aliphatic rings. The molecule has 0 spiro atoms. The highest BCUT2D eigenvalue weighted by Crippen LogP contribution is 2.27. The van der Waals surface area contributed by atoms with E-state index >= 15 is 0 Å². The van der Waals surface area contributed by atoms with Crippen LogP contribution >= 0.6 is 11.6 Å². The number of carboxylic acids is 1. The van der Waals surface area contributed by atoms with Crippen LogP contribution in [0.4, 0.5) is 5.69 Å². The van der Waals surface area contributed by atoms with Gasteiger partial charge in [0.25, 0.3) is 0 Å². The number of benzene rings is 4. The molecule has 2 N–H and O–H groups in total. The summed E-state index contributed by atoms with van der Waals surface area (Å²) < 4.78 is 0. The number of anilines is 1. The van der Waals surface area contributed by atoms with Crippen molar-refractivity contribution in [2.75, 3.05) is 4.90 Å². The van der Waals surface area contributed by atoms with Gasteiger partial charge in [0.05, 0.1) is 6.54 Å². The molecule has 0 aromatic heterocycles. The highest BCUT2D eigenvalue weighted by Gasteiger charge is 2.20. The van der Waals surface area contributed by atoms with Crippen molar-refractivity contribution in [1.29, 1.82) is 0 Å². The van der Waals surface area contributed by atoms with E-state index in [0.29, 0.717) is 12.1 Å². The maximum atomic E-state index is 13.3. The van der Waals surface area contributed by atoms with Crippen molar-refractivity contribution in [2.24, 2.45) is 0 Å². The Morgan fingerprint density at radius 2 is 1.27 bits per heavy atom. The van der Waals surface area contributed by atoms with Crippen LogP contribution in [-0.4, -0.2) is 22.1 Å². The number of amides is 1. The number of carbonyl (C=O) groups is 2. The third-order valence-corrected chi connectivity index (χ3v) is 6.52. The van der Waals surface area contributed by atoms with Crippen LogP contribution < -0.4 is 4.90 Å². The molecule has 1 amide bonds. The SMILES string of the molecule is O=C(O)c1cc(N(Cc2ccc(CCc3ccc(Cl)cc3)cc2)C(=O)CCc2ccccc2)ccc1O. The number of hydrogen-bond donors (Lipinski definition) is 2. The Morgan fingerprint density at radius 3 is 1.89 bits per heavy atom. The smallest absolute Gasteiger partial charge is 0.339 e. The molecule has 0 unspecified atom stereocenters. The van der Waals surface area contributed by atoms with Crippen molar-refractivity contribution >= 4 is 29.2 Å². The Hall–Kier alpha value is -4.09. The molecule has 0 aliphatic heterocycles. The Bertz CT molecular complexity index is 1350. The molecule has 0 heterocycles. The first-order valence-corrected chi connectivity index (χ1v) is 12.5. The normalized spacial score (nSPS) is 10.7. The summed E-state index contributed by atoms with van der Waals surface area (Å²) in [5.74, 6) is -1.71. The average molecular weight is 514 g/mol. The fourth-order valence-corrected chi connectivity index (χ4v) is 4.28. The van der Waals surface area contributed by atoms with E-state index in [1.54, 1.807) is 11.0 Å². The minimum Gasteiger partial charge on any atom is -0.507 e. The fourth-order valence-electron chi connectivity index (χ4n) is 4.15. The average Bonchev–Trinajstić information content (AvgIpc) is 2.91. The highest BCUT2D eigenvalue weighted by atomic mass is 35.5. The molecule has 0 aliphatic carbocycles. The first-order valence-electron chi connectivity index (χ1n) is 12.1. The third kappa shape index (κ3) is 7.21. The molecule has 0 bridgehead atoms. The lowest BCUT2D eigenvalue weighted by atomic mass is 10.0. The van der Waals surface area contributed by atoms with E-state index in [2.05, 4.69) is 12.1 Å². The minimum absolute atomic E-state index is 0.127. The Kier molecular flexibility index (Phi) is 8.60. The summed E-state index contributed by atoms with van der Waals surface area (Å²) in [6, 6.07) is 29.9. The second-order valence-electron chi connectivity index (χ2n) is 8.92. The number of carbonyl (C=O) groups excluding carboxylic acids is 1. The van der Waals surface area contributed by atoms with Gasteiger partial charge in [-0.05, 0) is 71.8 Å². The topological polar surface area (TPSA) is 77.8 Å². The van der Waals surface area contributed by atoms with Gasteiger partial charge < -0.3 is 15.1 Å². The lowest BCUT2D eigenvalue weighted by molar-refractivity contribution is -0.118. The van der Waals surface area contributed by atoms with Crippen LogP contribution in [0.1, 0.15) is 39.0 Å². The van der Waals surface area contributed by atoms with E-state index in [-0.39, 0.29) is 30.2 Å². The molecule has 188 valence electrons. The molecule has 0 radical (unpaired) electrons. The van der Waals surface area contributed by atoms with Crippen LogP contribution in [0.15, 0.2) is 97.1 Å². The van der Waals surface area contributed by atoms with Gasteiger partial charge in [-0.2, -0.15) is 0 Å². The summed E-state index contributed by atoms with van der Waals surface area (Å²) in [7, 11) is 0. The quantitative estimate of drug-likeness (QED) is 0.247. The Morgan fingerprint density at radius 1 is 0.703 bits per heavy atom. The van der Waals surface area contributed by atoms with E-state index in [0.717, 1.165) is 29.0 Å². The van der Waals surface area contributed by atoms with Crippen LogP contribution in [0.2, 0.25) is 5.02 Å². The first kappa shape index (κ1) is 26.0. The fraction of sp³-hybridized carbons (Fsp3) is 0.161. The largest absolute Gasteiger partial charge is 0.507 e. The van der Waals surface area contributed by atoms with Gasteiger partial charge in [-0.3, -0.25) is 4.79 Å². The molecule has 0 saturated heterocycles. The number of hydrogen-bond acceptors (Lipinski definition) is 3. The van der Waals surface area contributed by atoms with E-state index in [1.807, 2.05) is 66.7 Å². The Balaban J connectivity index is 1.50. The predicted molar refractivity (Wildman–Crippen MR) is 146 cm³/mol. The van der Waals surface area contributed by atoms with E-state index < -0.39 is 5.97 Å². The van der Waals surface area contributed by atoms with Crippen molar-refractivity contribution < 1.29 is 19.8 Å². The van der Waals surface area contributed by atoms with Crippen molar-refractivity contribution in [3.05, 3.63) is 130 Å². The number of aromatic carboxylic acids is 1. The zero-order chi connectivity index (χ0) is 26.2. The summed E-state index contributed by atoms with van der Waals surface area (Å²) >= 11 is 5.97. The van der Waals surface area contributed by atoms with Crippen molar-refractivity contribution in [2.45, 2.75) is 32.2 Å². The molecule has 0 atom stereocenters. The molecule has 0 fully saturated rings. The van der Waals surface area contributed by atoms with Gasteiger partial charge in [0.1, 0.15) is 11.3 Å². The van der Waals surface area contributed by atoms with Crippen LogP contribution in [0.5, 0.6) is 5.75 Å². The predicted octanol–water partition coefficient (Wildman–Crippen LogP) is 6.70. The van der Waals surface area contributed by atoms with Crippen LogP contribution in [0.3, 0.4) is 0 Å². The second kappa shape index (κ2) is 12.2. The van der Waals surface area contributed by atoms with E-state index in [4.69, 9.17) is 11.6 Å². The molecule has 0 saturated carbocycles. The van der Waals surface area contributed by atoms with Crippen molar-refractivity contribution in [1.82, 2.24) is 0 Å². The molecular weight excluding hydrogens is 486 g/mol. The number of aryl methyl sites for hydroxylation is 3. The first-order chi connectivity index (χ1) is 17.9. The van der Waals surface area contributed by atoms with Gasteiger partial charge in [0.2, 0.25) is 5.91 Å². The number of aromatic hydroxyl groups is 1. The lowest BCUT2D eigenvalue weighted by Gasteiger charge is -2.24. The number of halogens is 1. The number of nitrogens with zero attached hydrogens (tertiary/aromatic N) is 1. The maximum Gasteiger partial charge on any atom is 0.339 e. The van der Waals surface area contributed by atoms with E-state index in [1.165, 1.54) is 23.3 Å². The molecule has 4 aromatic rings. The summed E-state index contributed by atoms with van der Waals surface area (Å²) in [5, 5.41) is 20.1. The van der Waals surface area contributed by atoms with Gasteiger partial charge in [0.15, 0.2) is 0 Å². The van der Waals surface area contributed by atoms with Gasteiger partial charge in [0, 0.05) is 17.1 Å². The number of rotatable bonds is 10. The minimum atomic E-state index is -1.25.